The third-order valence-corrected chi connectivity index (χ3v) is 6.98. The Morgan fingerprint density at radius 1 is 1.14 bits per heavy atom. The van der Waals surface area contributed by atoms with Crippen molar-refractivity contribution in [2.24, 2.45) is 5.10 Å². The lowest BCUT2D eigenvalue weighted by molar-refractivity contribution is 0.160. The third-order valence-electron chi connectivity index (χ3n) is 6.98. The number of hydrogen-bond donors (Lipinski definition) is 4. The lowest BCUT2D eigenvalue weighted by Crippen LogP contribution is -2.62. The summed E-state index contributed by atoms with van der Waals surface area (Å²) in [5.74, 6) is 0.624. The van der Waals surface area contributed by atoms with Crippen LogP contribution >= 0.6 is 0 Å². The molecule has 0 bridgehead atoms. The Hall–Kier alpha value is -3.50. The number of aromatic nitrogens is 3. The number of phenols is 1. The minimum atomic E-state index is -0.174. The van der Waals surface area contributed by atoms with Crippen molar-refractivity contribution in [3.63, 3.8) is 0 Å². The molecule has 4 heterocycles. The number of fused-ring (bicyclic) bond motifs is 1. The summed E-state index contributed by atoms with van der Waals surface area (Å²) in [6, 6.07) is 5.59. The second-order valence-corrected chi connectivity index (χ2v) is 11.1. The highest BCUT2D eigenvalue weighted by Gasteiger charge is 2.39. The van der Waals surface area contributed by atoms with Crippen LogP contribution in [0.25, 0.3) is 11.3 Å². The largest absolute Gasteiger partial charge is 0.507 e. The van der Waals surface area contributed by atoms with Gasteiger partial charge in [-0.2, -0.15) is 5.10 Å². The number of nitrogens with zero attached hydrogens (tertiary/aromatic N) is 6. The minimum Gasteiger partial charge on any atom is -0.507 e. The maximum atomic E-state index is 10.8. The van der Waals surface area contributed by atoms with E-state index in [9.17, 15) is 10.2 Å². The zero-order valence-electron chi connectivity index (χ0n) is 21.4. The van der Waals surface area contributed by atoms with Crippen LogP contribution in [0.1, 0.15) is 46.1 Å². The van der Waals surface area contributed by atoms with Gasteiger partial charge >= 0.3 is 0 Å². The van der Waals surface area contributed by atoms with E-state index in [1.54, 1.807) is 29.5 Å². The summed E-state index contributed by atoms with van der Waals surface area (Å²) in [4.78, 5) is 6.68. The highest BCUT2D eigenvalue weighted by Crippen LogP contribution is 2.33. The lowest BCUT2D eigenvalue weighted by atomic mass is 9.79. The molecule has 3 aliphatic heterocycles. The summed E-state index contributed by atoms with van der Waals surface area (Å²) in [7, 11) is 2.01. The van der Waals surface area contributed by atoms with E-state index in [1.807, 2.05) is 25.4 Å². The molecule has 36 heavy (non-hydrogen) atoms. The van der Waals surface area contributed by atoms with Crippen LogP contribution in [0.3, 0.4) is 0 Å². The van der Waals surface area contributed by atoms with E-state index < -0.39 is 0 Å². The van der Waals surface area contributed by atoms with Crippen LogP contribution in [0.5, 0.6) is 5.75 Å². The quantitative estimate of drug-likeness (QED) is 0.500. The van der Waals surface area contributed by atoms with E-state index in [4.69, 9.17) is 0 Å². The van der Waals surface area contributed by atoms with Gasteiger partial charge in [0, 0.05) is 53.3 Å². The molecule has 0 spiro atoms. The van der Waals surface area contributed by atoms with Crippen LogP contribution < -0.4 is 15.5 Å². The first-order valence-electron chi connectivity index (χ1n) is 12.2. The monoisotopic (exact) mass is 490 g/mol. The molecule has 1 aromatic heterocycles. The van der Waals surface area contributed by atoms with Crippen molar-refractivity contribution in [3.05, 3.63) is 54.0 Å². The summed E-state index contributed by atoms with van der Waals surface area (Å²) in [5, 5.41) is 42.5. The molecule has 10 nitrogen and oxygen atoms in total. The van der Waals surface area contributed by atoms with E-state index in [0.29, 0.717) is 22.9 Å². The summed E-state index contributed by atoms with van der Waals surface area (Å²) >= 11 is 0. The molecule has 0 radical (unpaired) electrons. The fourth-order valence-corrected chi connectivity index (χ4v) is 5.59. The summed E-state index contributed by atoms with van der Waals surface area (Å²) < 4.78 is 0. The molecule has 1 atom stereocenters. The Morgan fingerprint density at radius 3 is 2.53 bits per heavy atom. The standard InChI is InChI=1S/C26H34N8O2/c1-25(2)12-18(13-26(3,4)32-25)33(5)24-28-14-21(29-30-24)19-7-6-16(11-22(19)36)20-10-17(15-35)23-27-8-9-34(23)31-20/h6-11,14,18,23,27,32,35-36H,12-13,15H2,1-5H3. The number of hydrazone groups is 1. The van der Waals surface area contributed by atoms with E-state index in [1.165, 1.54) is 0 Å². The Labute approximate surface area is 211 Å². The van der Waals surface area contributed by atoms with Gasteiger partial charge in [0.1, 0.15) is 17.6 Å². The Kier molecular flexibility index (Phi) is 5.96. The predicted molar refractivity (Wildman–Crippen MR) is 139 cm³/mol. The number of benzene rings is 1. The van der Waals surface area contributed by atoms with E-state index in [2.05, 4.69) is 63.5 Å². The first kappa shape index (κ1) is 24.2. The molecular weight excluding hydrogens is 456 g/mol. The van der Waals surface area contributed by atoms with Crippen molar-refractivity contribution in [2.45, 2.75) is 63.8 Å². The summed E-state index contributed by atoms with van der Waals surface area (Å²) in [5.41, 5.74) is 3.24. The van der Waals surface area contributed by atoms with E-state index in [0.717, 1.165) is 24.0 Å². The zero-order valence-corrected chi connectivity index (χ0v) is 21.4. The molecule has 3 aliphatic rings. The van der Waals surface area contributed by atoms with Crippen molar-refractivity contribution in [1.82, 2.24) is 30.8 Å². The third kappa shape index (κ3) is 4.66. The number of nitrogens with one attached hydrogen (secondary N) is 2. The van der Waals surface area contributed by atoms with Gasteiger partial charge in [0.15, 0.2) is 0 Å². The maximum absolute atomic E-state index is 10.8. The van der Waals surface area contributed by atoms with Gasteiger partial charge in [0.2, 0.25) is 5.95 Å². The van der Waals surface area contributed by atoms with Crippen LogP contribution in [0.15, 0.2) is 53.5 Å². The Morgan fingerprint density at radius 2 is 1.89 bits per heavy atom. The lowest BCUT2D eigenvalue weighted by Gasteiger charge is -2.48. The van der Waals surface area contributed by atoms with E-state index in [-0.39, 0.29) is 35.6 Å². The molecule has 1 unspecified atom stereocenters. The Balaban J connectivity index is 1.35. The highest BCUT2D eigenvalue weighted by molar-refractivity contribution is 6.10. The van der Waals surface area contributed by atoms with Crippen LogP contribution in [0.4, 0.5) is 5.95 Å². The topological polar surface area (TPSA) is 122 Å². The molecule has 190 valence electrons. The van der Waals surface area contributed by atoms with Crippen molar-refractivity contribution in [3.8, 4) is 17.0 Å². The molecule has 1 saturated heterocycles. The molecule has 5 rings (SSSR count). The number of aromatic hydroxyl groups is 1. The second-order valence-electron chi connectivity index (χ2n) is 11.1. The minimum absolute atomic E-state index is 0.0137. The average molecular weight is 491 g/mol. The molecule has 0 aliphatic carbocycles. The average Bonchev–Trinajstić information content (AvgIpc) is 3.30. The number of phenolic OH excluding ortho intramolecular Hbond substituents is 1. The number of rotatable bonds is 5. The summed E-state index contributed by atoms with van der Waals surface area (Å²) in [6.07, 6.45) is 8.87. The molecule has 4 N–H and O–H groups in total. The van der Waals surface area contributed by atoms with Gasteiger partial charge in [-0.3, -0.25) is 0 Å². The number of piperidine rings is 1. The molecule has 1 aromatic carbocycles. The van der Waals surface area contributed by atoms with Gasteiger partial charge in [-0.15, -0.1) is 10.2 Å². The molecular formula is C26H34N8O2. The SMILES string of the molecule is CN(c1ncc(-c2ccc(C3=NN4C=CNC4C(CO)=C3)cc2O)nn1)C1CC(C)(C)NC(C)(C)C1. The number of aliphatic hydroxyl groups is 1. The molecule has 10 heteroatoms. The first-order valence-corrected chi connectivity index (χ1v) is 12.2. The number of aliphatic hydroxyl groups excluding tert-OH is 1. The molecule has 1 fully saturated rings. The number of hydrogen-bond acceptors (Lipinski definition) is 10. The number of anilines is 1. The smallest absolute Gasteiger partial charge is 0.245 e. The van der Waals surface area contributed by atoms with Crippen molar-refractivity contribution >= 4 is 11.7 Å². The van der Waals surface area contributed by atoms with Crippen molar-refractivity contribution in [1.29, 1.82) is 0 Å². The molecule has 0 saturated carbocycles. The molecule has 2 aromatic rings. The zero-order chi connectivity index (χ0) is 25.7. The van der Waals surface area contributed by atoms with Gasteiger partial charge < -0.3 is 25.7 Å². The van der Waals surface area contributed by atoms with Crippen LogP contribution in [-0.2, 0) is 0 Å². The Bertz CT molecular complexity index is 1220. The maximum Gasteiger partial charge on any atom is 0.245 e. The number of allylic oxidation sites excluding steroid dienone is 1. The van der Waals surface area contributed by atoms with Crippen LogP contribution in [0.2, 0.25) is 0 Å². The molecule has 0 amide bonds. The van der Waals surface area contributed by atoms with E-state index >= 15 is 0 Å². The van der Waals surface area contributed by atoms with Gasteiger partial charge in [0.05, 0.1) is 18.5 Å². The van der Waals surface area contributed by atoms with Gasteiger partial charge in [-0.05, 0) is 58.7 Å². The van der Waals surface area contributed by atoms with Gasteiger partial charge in [0.25, 0.3) is 0 Å². The van der Waals surface area contributed by atoms with Crippen LogP contribution in [-0.4, -0.2) is 73.1 Å². The van der Waals surface area contributed by atoms with Gasteiger partial charge in [-0.1, -0.05) is 6.07 Å². The van der Waals surface area contributed by atoms with Gasteiger partial charge in [-0.25, -0.2) is 9.99 Å². The normalized spacial score (nSPS) is 22.5. The predicted octanol–water partition coefficient (Wildman–Crippen LogP) is 2.33. The van der Waals surface area contributed by atoms with Crippen molar-refractivity contribution in [2.75, 3.05) is 18.6 Å². The highest BCUT2D eigenvalue weighted by atomic mass is 16.3. The van der Waals surface area contributed by atoms with Crippen molar-refractivity contribution < 1.29 is 10.2 Å². The fourth-order valence-electron chi connectivity index (χ4n) is 5.59. The fraction of sp³-hybridized carbons (Fsp3) is 0.462. The first-order chi connectivity index (χ1) is 17.0. The second kappa shape index (κ2) is 8.86. The summed E-state index contributed by atoms with van der Waals surface area (Å²) in [6.45, 7) is 8.80. The van der Waals surface area contributed by atoms with Crippen LogP contribution in [0, 0.1) is 0 Å².